The molecule has 0 saturated carbocycles. The second-order valence-electron chi connectivity index (χ2n) is 5.27. The van der Waals surface area contributed by atoms with Gasteiger partial charge in [0.2, 0.25) is 11.8 Å². The third-order valence-corrected chi connectivity index (χ3v) is 4.26. The minimum atomic E-state index is -0.453. The average molecular weight is 381 g/mol. The van der Waals surface area contributed by atoms with Gasteiger partial charge in [-0.3, -0.25) is 9.59 Å². The molecule has 0 aliphatic rings. The Balaban J connectivity index is 1.75. The summed E-state index contributed by atoms with van der Waals surface area (Å²) in [5.74, 6) is -0.0283. The number of rotatable bonds is 7. The molecule has 0 saturated heterocycles. The van der Waals surface area contributed by atoms with Gasteiger partial charge in [0, 0.05) is 6.54 Å². The number of carbonyl (C=O) groups is 2. The number of hydrogen-bond acceptors (Lipinski definition) is 3. The summed E-state index contributed by atoms with van der Waals surface area (Å²) in [6.07, 6.45) is 0.378. The molecule has 0 aliphatic carbocycles. The zero-order valence-electron chi connectivity index (χ0n) is 13.6. The topological polar surface area (TPSA) is 67.4 Å². The average Bonchev–Trinajstić information content (AvgIpc) is 2.59. The Bertz CT molecular complexity index is 748. The lowest BCUT2D eigenvalue weighted by atomic mass is 10.1. The van der Waals surface area contributed by atoms with Crippen LogP contribution in [0.2, 0.25) is 10.0 Å². The largest absolute Gasteiger partial charge is 0.497 e. The van der Waals surface area contributed by atoms with Gasteiger partial charge < -0.3 is 15.4 Å². The number of anilines is 1. The Labute approximate surface area is 156 Å². The molecule has 2 amide bonds. The summed E-state index contributed by atoms with van der Waals surface area (Å²) in [5, 5.41) is 5.87. The Kier molecular flexibility index (Phi) is 7.10. The van der Waals surface area contributed by atoms with Crippen LogP contribution in [0.4, 0.5) is 5.69 Å². The maximum absolute atomic E-state index is 11.9. The van der Waals surface area contributed by atoms with Crippen molar-refractivity contribution in [2.45, 2.75) is 12.8 Å². The molecule has 0 heterocycles. The molecular weight excluding hydrogens is 363 g/mol. The van der Waals surface area contributed by atoms with Crippen molar-refractivity contribution in [3.8, 4) is 5.75 Å². The molecule has 2 N–H and O–H groups in total. The summed E-state index contributed by atoms with van der Waals surface area (Å²) in [6.45, 7) is 0.441. The van der Waals surface area contributed by atoms with E-state index < -0.39 is 5.91 Å². The summed E-state index contributed by atoms with van der Waals surface area (Å²) < 4.78 is 5.09. The molecule has 2 aromatic rings. The van der Waals surface area contributed by atoms with Crippen molar-refractivity contribution in [3.05, 3.63) is 58.1 Å². The fourth-order valence-electron chi connectivity index (χ4n) is 2.14. The van der Waals surface area contributed by atoms with E-state index in [1.165, 1.54) is 0 Å². The molecule has 0 radical (unpaired) electrons. The molecule has 0 unspecified atom stereocenters. The maximum atomic E-state index is 11.9. The van der Waals surface area contributed by atoms with E-state index in [0.29, 0.717) is 23.7 Å². The van der Waals surface area contributed by atoms with Crippen molar-refractivity contribution >= 4 is 40.7 Å². The monoisotopic (exact) mass is 380 g/mol. The van der Waals surface area contributed by atoms with Crippen LogP contribution < -0.4 is 15.4 Å². The fourth-order valence-corrected chi connectivity index (χ4v) is 2.49. The highest BCUT2D eigenvalue weighted by Crippen LogP contribution is 2.29. The van der Waals surface area contributed by atoms with Gasteiger partial charge in [0.15, 0.2) is 0 Å². The van der Waals surface area contributed by atoms with E-state index in [-0.39, 0.29) is 17.4 Å². The van der Waals surface area contributed by atoms with Crippen molar-refractivity contribution in [2.24, 2.45) is 0 Å². The standard InChI is InChI=1S/C18H18Cl2N2O3/c1-25-13-7-5-12(6-8-13)9-10-21-16(23)11-17(24)22-15-4-2-3-14(19)18(15)20/h2-8H,9-11H2,1H3,(H,21,23)(H,22,24). The number of halogens is 2. The van der Waals surface area contributed by atoms with E-state index in [9.17, 15) is 9.59 Å². The predicted octanol–water partition coefficient (Wildman–Crippen LogP) is 3.69. The molecule has 2 aromatic carbocycles. The zero-order valence-corrected chi connectivity index (χ0v) is 15.2. The number of ether oxygens (including phenoxy) is 1. The Morgan fingerprint density at radius 2 is 1.76 bits per heavy atom. The molecular formula is C18H18Cl2N2O3. The summed E-state index contributed by atoms with van der Waals surface area (Å²) in [4.78, 5) is 23.7. The van der Waals surface area contributed by atoms with E-state index in [1.807, 2.05) is 24.3 Å². The van der Waals surface area contributed by atoms with Crippen molar-refractivity contribution in [1.82, 2.24) is 5.32 Å². The minimum absolute atomic E-state index is 0.248. The molecule has 25 heavy (non-hydrogen) atoms. The van der Waals surface area contributed by atoms with Gasteiger partial charge in [0.05, 0.1) is 22.8 Å². The SMILES string of the molecule is COc1ccc(CCNC(=O)CC(=O)Nc2cccc(Cl)c2Cl)cc1. The van der Waals surface area contributed by atoms with Crippen LogP contribution >= 0.6 is 23.2 Å². The van der Waals surface area contributed by atoms with Crippen molar-refractivity contribution in [1.29, 1.82) is 0 Å². The first-order valence-electron chi connectivity index (χ1n) is 7.63. The van der Waals surface area contributed by atoms with E-state index in [2.05, 4.69) is 10.6 Å². The van der Waals surface area contributed by atoms with Crippen molar-refractivity contribution in [2.75, 3.05) is 19.0 Å². The third kappa shape index (κ3) is 5.96. The van der Waals surface area contributed by atoms with E-state index in [0.717, 1.165) is 11.3 Å². The Morgan fingerprint density at radius 3 is 2.44 bits per heavy atom. The lowest BCUT2D eigenvalue weighted by molar-refractivity contribution is -0.126. The number of amides is 2. The predicted molar refractivity (Wildman–Crippen MR) is 99.4 cm³/mol. The van der Waals surface area contributed by atoms with Crippen molar-refractivity contribution in [3.63, 3.8) is 0 Å². The highest BCUT2D eigenvalue weighted by Gasteiger charge is 2.12. The second-order valence-corrected chi connectivity index (χ2v) is 6.06. The quantitative estimate of drug-likeness (QED) is 0.719. The van der Waals surface area contributed by atoms with Gasteiger partial charge in [-0.1, -0.05) is 41.4 Å². The molecule has 0 atom stereocenters. The lowest BCUT2D eigenvalue weighted by Crippen LogP contribution is -2.29. The van der Waals surface area contributed by atoms with Crippen LogP contribution in [0.25, 0.3) is 0 Å². The van der Waals surface area contributed by atoms with Gasteiger partial charge in [0.25, 0.3) is 0 Å². The van der Waals surface area contributed by atoms with Gasteiger partial charge in [-0.2, -0.15) is 0 Å². The van der Waals surface area contributed by atoms with Crippen LogP contribution in [0.15, 0.2) is 42.5 Å². The molecule has 132 valence electrons. The maximum Gasteiger partial charge on any atom is 0.233 e. The van der Waals surface area contributed by atoms with Gasteiger partial charge in [-0.15, -0.1) is 0 Å². The molecule has 0 fully saturated rings. The molecule has 7 heteroatoms. The van der Waals surface area contributed by atoms with Crippen LogP contribution in [0.3, 0.4) is 0 Å². The third-order valence-electron chi connectivity index (χ3n) is 3.44. The zero-order chi connectivity index (χ0) is 18.2. The lowest BCUT2D eigenvalue weighted by Gasteiger charge is -2.09. The highest BCUT2D eigenvalue weighted by molar-refractivity contribution is 6.44. The van der Waals surface area contributed by atoms with Gasteiger partial charge in [-0.05, 0) is 36.2 Å². The van der Waals surface area contributed by atoms with Crippen LogP contribution in [-0.2, 0) is 16.0 Å². The van der Waals surface area contributed by atoms with Crippen LogP contribution in [0, 0.1) is 0 Å². The van der Waals surface area contributed by atoms with Crippen molar-refractivity contribution < 1.29 is 14.3 Å². The smallest absolute Gasteiger partial charge is 0.233 e. The molecule has 2 rings (SSSR count). The first-order chi connectivity index (χ1) is 12.0. The Morgan fingerprint density at radius 1 is 1.04 bits per heavy atom. The highest BCUT2D eigenvalue weighted by atomic mass is 35.5. The van der Waals surface area contributed by atoms with E-state index >= 15 is 0 Å². The first kappa shape index (κ1) is 19.1. The van der Waals surface area contributed by atoms with Gasteiger partial charge >= 0.3 is 0 Å². The van der Waals surface area contributed by atoms with Crippen LogP contribution in [0.1, 0.15) is 12.0 Å². The first-order valence-corrected chi connectivity index (χ1v) is 8.38. The number of carbonyl (C=O) groups excluding carboxylic acids is 2. The second kappa shape index (κ2) is 9.30. The number of hydrogen-bond donors (Lipinski definition) is 2. The minimum Gasteiger partial charge on any atom is -0.497 e. The van der Waals surface area contributed by atoms with Gasteiger partial charge in [-0.25, -0.2) is 0 Å². The molecule has 5 nitrogen and oxygen atoms in total. The number of nitrogens with one attached hydrogen (secondary N) is 2. The van der Waals surface area contributed by atoms with Crippen LogP contribution in [-0.4, -0.2) is 25.5 Å². The summed E-state index contributed by atoms with van der Waals surface area (Å²) in [5.41, 5.74) is 1.45. The fraction of sp³-hybridized carbons (Fsp3) is 0.222. The van der Waals surface area contributed by atoms with Gasteiger partial charge in [0.1, 0.15) is 12.2 Å². The number of benzene rings is 2. The normalized spacial score (nSPS) is 10.2. The molecule has 0 aromatic heterocycles. The van der Waals surface area contributed by atoms with E-state index in [4.69, 9.17) is 27.9 Å². The summed E-state index contributed by atoms with van der Waals surface area (Å²) >= 11 is 11.9. The molecule has 0 spiro atoms. The van der Waals surface area contributed by atoms with E-state index in [1.54, 1.807) is 25.3 Å². The van der Waals surface area contributed by atoms with Crippen LogP contribution in [0.5, 0.6) is 5.75 Å². The Hall–Kier alpha value is -2.24. The number of methoxy groups -OCH3 is 1. The molecule has 0 aliphatic heterocycles. The summed E-state index contributed by atoms with van der Waals surface area (Å²) in [6, 6.07) is 12.5. The summed E-state index contributed by atoms with van der Waals surface area (Å²) in [7, 11) is 1.61. The molecule has 0 bridgehead atoms.